The molecule has 0 saturated carbocycles. The fourth-order valence-corrected chi connectivity index (χ4v) is 3.71. The Balaban J connectivity index is 1.73. The number of halogens is 1. The van der Waals surface area contributed by atoms with Gasteiger partial charge in [0.2, 0.25) is 0 Å². The van der Waals surface area contributed by atoms with E-state index in [-0.39, 0.29) is 22.7 Å². The minimum absolute atomic E-state index is 0.0346. The summed E-state index contributed by atoms with van der Waals surface area (Å²) in [5, 5.41) is 14.8. The van der Waals surface area contributed by atoms with E-state index in [0.29, 0.717) is 0 Å². The molecule has 1 atom stereocenters. The minimum Gasteiger partial charge on any atom is -0.507 e. The topological polar surface area (TPSA) is 52.6 Å². The first kappa shape index (κ1) is 16.0. The van der Waals surface area contributed by atoms with Crippen LogP contribution in [0.1, 0.15) is 15.9 Å². The fraction of sp³-hybridized carbons (Fsp3) is 0.118. The van der Waals surface area contributed by atoms with Gasteiger partial charge in [-0.15, -0.1) is 0 Å². The van der Waals surface area contributed by atoms with Crippen LogP contribution in [-0.4, -0.2) is 28.5 Å². The zero-order chi connectivity index (χ0) is 16.4. The van der Waals surface area contributed by atoms with Crippen molar-refractivity contribution in [2.24, 2.45) is 0 Å². The van der Waals surface area contributed by atoms with Gasteiger partial charge < -0.3 is 15.3 Å². The molecule has 1 unspecified atom stereocenters. The first-order valence-corrected chi connectivity index (χ1v) is 8.73. The van der Waals surface area contributed by atoms with Crippen LogP contribution in [0.25, 0.3) is 5.70 Å². The number of nitrogens with zero attached hydrogens (tertiary/aromatic N) is 1. The second-order valence-electron chi connectivity index (χ2n) is 5.10. The summed E-state index contributed by atoms with van der Waals surface area (Å²) in [6.07, 6.45) is 0. The van der Waals surface area contributed by atoms with E-state index in [0.717, 1.165) is 15.7 Å². The summed E-state index contributed by atoms with van der Waals surface area (Å²) < 4.78 is 0.746. The van der Waals surface area contributed by atoms with Gasteiger partial charge in [-0.2, -0.15) is 0 Å². The van der Waals surface area contributed by atoms with Crippen LogP contribution in [0.2, 0.25) is 0 Å². The third-order valence-electron chi connectivity index (χ3n) is 3.57. The fourth-order valence-electron chi connectivity index (χ4n) is 2.32. The zero-order valence-corrected chi connectivity index (χ0v) is 14.8. The van der Waals surface area contributed by atoms with Gasteiger partial charge in [0.25, 0.3) is 5.91 Å². The molecule has 2 N–H and O–H groups in total. The summed E-state index contributed by atoms with van der Waals surface area (Å²) in [5.74, 6) is -0.344. The van der Waals surface area contributed by atoms with Gasteiger partial charge in [0.15, 0.2) is 5.50 Å². The molecule has 2 aromatic carbocycles. The number of aromatic hydroxyl groups is 1. The zero-order valence-electron chi connectivity index (χ0n) is 12.4. The highest BCUT2D eigenvalue weighted by Gasteiger charge is 2.26. The van der Waals surface area contributed by atoms with E-state index in [4.69, 9.17) is 0 Å². The van der Waals surface area contributed by atoms with Gasteiger partial charge in [0.1, 0.15) is 5.75 Å². The number of rotatable bonds is 3. The molecule has 3 rings (SSSR count). The van der Waals surface area contributed by atoms with Crippen LogP contribution < -0.4 is 5.32 Å². The van der Waals surface area contributed by atoms with Gasteiger partial charge >= 0.3 is 0 Å². The van der Waals surface area contributed by atoms with Crippen molar-refractivity contribution in [2.45, 2.75) is 5.50 Å². The van der Waals surface area contributed by atoms with Crippen molar-refractivity contribution in [1.82, 2.24) is 10.2 Å². The number of hydrogen-bond donors (Lipinski definition) is 2. The number of hydrogen-bond acceptors (Lipinski definition) is 4. The van der Waals surface area contributed by atoms with Gasteiger partial charge in [-0.25, -0.2) is 0 Å². The molecule has 1 aliphatic rings. The van der Waals surface area contributed by atoms with E-state index in [2.05, 4.69) is 21.2 Å². The number of benzene rings is 2. The van der Waals surface area contributed by atoms with Crippen LogP contribution in [0.4, 0.5) is 0 Å². The molecule has 1 amide bonds. The van der Waals surface area contributed by atoms with Crippen molar-refractivity contribution < 1.29 is 9.90 Å². The second kappa shape index (κ2) is 6.68. The molecule has 0 saturated heterocycles. The molecule has 2 aromatic rings. The van der Waals surface area contributed by atoms with E-state index in [9.17, 15) is 9.90 Å². The lowest BCUT2D eigenvalue weighted by molar-refractivity contribution is 0.0930. The molecule has 4 nitrogen and oxygen atoms in total. The molecule has 0 aliphatic carbocycles. The van der Waals surface area contributed by atoms with Gasteiger partial charge in [0.05, 0.1) is 11.3 Å². The Kier molecular flexibility index (Phi) is 4.63. The highest BCUT2D eigenvalue weighted by molar-refractivity contribution is 9.10. The highest BCUT2D eigenvalue weighted by atomic mass is 79.9. The standard InChI is InChI=1S/C17H15BrN2O2S/c1-20-14(11-5-3-2-4-6-11)10-23-17(20)19-16(22)13-9-12(18)7-8-15(13)21/h2-10,17,21H,1H3,(H,19,22). The van der Waals surface area contributed by atoms with Crippen LogP contribution in [0.5, 0.6) is 5.75 Å². The van der Waals surface area contributed by atoms with E-state index in [1.807, 2.05) is 47.7 Å². The first-order chi connectivity index (χ1) is 11.1. The second-order valence-corrected chi connectivity index (χ2v) is 6.97. The number of phenols is 1. The molecular formula is C17H15BrN2O2S. The molecule has 0 aromatic heterocycles. The normalized spacial score (nSPS) is 17.0. The van der Waals surface area contributed by atoms with E-state index >= 15 is 0 Å². The summed E-state index contributed by atoms with van der Waals surface area (Å²) in [6, 6.07) is 14.8. The number of thioether (sulfide) groups is 1. The Bertz CT molecular complexity index is 764. The van der Waals surface area contributed by atoms with Crippen molar-refractivity contribution in [3.8, 4) is 5.75 Å². The van der Waals surface area contributed by atoms with Gasteiger partial charge in [-0.3, -0.25) is 4.79 Å². The van der Waals surface area contributed by atoms with Gasteiger partial charge in [-0.1, -0.05) is 58.0 Å². The quantitative estimate of drug-likeness (QED) is 0.835. The molecule has 1 aliphatic heterocycles. The largest absolute Gasteiger partial charge is 0.507 e. The molecule has 118 valence electrons. The molecule has 0 spiro atoms. The van der Waals surface area contributed by atoms with Gasteiger partial charge in [0, 0.05) is 11.5 Å². The molecule has 0 radical (unpaired) electrons. The van der Waals surface area contributed by atoms with E-state index < -0.39 is 0 Å². The van der Waals surface area contributed by atoms with Crippen molar-refractivity contribution in [3.05, 3.63) is 69.5 Å². The molecule has 6 heteroatoms. The predicted octanol–water partition coefficient (Wildman–Crippen LogP) is 3.85. The average molecular weight is 391 g/mol. The number of phenolic OH excluding ortho intramolecular Hbond substituents is 1. The summed E-state index contributed by atoms with van der Waals surface area (Å²) in [4.78, 5) is 14.4. The predicted molar refractivity (Wildman–Crippen MR) is 96.8 cm³/mol. The van der Waals surface area contributed by atoms with Crippen LogP contribution in [0, 0.1) is 0 Å². The van der Waals surface area contributed by atoms with Crippen molar-refractivity contribution in [2.75, 3.05) is 7.05 Å². The average Bonchev–Trinajstić information content (AvgIpc) is 2.91. The van der Waals surface area contributed by atoms with Crippen LogP contribution in [0.3, 0.4) is 0 Å². The first-order valence-electron chi connectivity index (χ1n) is 6.99. The number of carbonyl (C=O) groups excluding carboxylic acids is 1. The number of nitrogens with one attached hydrogen (secondary N) is 1. The number of carbonyl (C=O) groups is 1. The van der Waals surface area contributed by atoms with Crippen LogP contribution >= 0.6 is 27.7 Å². The third-order valence-corrected chi connectivity index (χ3v) is 5.11. The third kappa shape index (κ3) is 3.38. The summed E-state index contributed by atoms with van der Waals surface area (Å²) in [5.41, 5.74) is 2.20. The van der Waals surface area contributed by atoms with E-state index in [1.54, 1.807) is 12.1 Å². The maximum absolute atomic E-state index is 12.4. The molecule has 0 bridgehead atoms. The molecular weight excluding hydrogens is 376 g/mol. The highest BCUT2D eigenvalue weighted by Crippen LogP contribution is 2.34. The maximum atomic E-state index is 12.4. The summed E-state index contributed by atoms with van der Waals surface area (Å²) in [6.45, 7) is 0. The Hall–Kier alpha value is -1.92. The summed E-state index contributed by atoms with van der Waals surface area (Å²) >= 11 is 4.84. The lowest BCUT2D eigenvalue weighted by Crippen LogP contribution is -2.40. The Morgan fingerprint density at radius 1 is 1.26 bits per heavy atom. The van der Waals surface area contributed by atoms with Crippen molar-refractivity contribution in [1.29, 1.82) is 0 Å². The van der Waals surface area contributed by atoms with Crippen molar-refractivity contribution in [3.63, 3.8) is 0 Å². The maximum Gasteiger partial charge on any atom is 0.257 e. The summed E-state index contributed by atoms with van der Waals surface area (Å²) in [7, 11) is 1.94. The van der Waals surface area contributed by atoms with Gasteiger partial charge in [-0.05, 0) is 29.2 Å². The number of amides is 1. The van der Waals surface area contributed by atoms with Crippen LogP contribution in [0.15, 0.2) is 58.4 Å². The Morgan fingerprint density at radius 2 is 2.00 bits per heavy atom. The van der Waals surface area contributed by atoms with Crippen LogP contribution in [-0.2, 0) is 0 Å². The SMILES string of the molecule is CN1C(c2ccccc2)=CSC1NC(=O)c1cc(Br)ccc1O. The van der Waals surface area contributed by atoms with E-state index in [1.165, 1.54) is 17.8 Å². The van der Waals surface area contributed by atoms with Crippen molar-refractivity contribution >= 4 is 39.3 Å². The lowest BCUT2D eigenvalue weighted by atomic mass is 10.1. The molecule has 23 heavy (non-hydrogen) atoms. The lowest BCUT2D eigenvalue weighted by Gasteiger charge is -2.25. The monoisotopic (exact) mass is 390 g/mol. The molecule has 1 heterocycles. The molecule has 0 fully saturated rings. The Labute approximate surface area is 147 Å². The smallest absolute Gasteiger partial charge is 0.257 e. The Morgan fingerprint density at radius 3 is 2.74 bits per heavy atom. The minimum atomic E-state index is -0.309.